The standard InChI is InChI=1S/C15H23ClO/c1-15(2,3)13-8-7-9-14(12-13)17-11-6-4-5-10-16/h7-9,12H,4-6,10-11H2,1-3H3. The molecule has 0 aliphatic carbocycles. The molecule has 0 saturated heterocycles. The van der Waals surface area contributed by atoms with Crippen molar-refractivity contribution in [3.63, 3.8) is 0 Å². The Labute approximate surface area is 110 Å². The van der Waals surface area contributed by atoms with Crippen LogP contribution in [0.5, 0.6) is 5.75 Å². The first-order valence-electron chi connectivity index (χ1n) is 6.33. The molecule has 0 fully saturated rings. The van der Waals surface area contributed by atoms with Crippen molar-refractivity contribution in [3.05, 3.63) is 29.8 Å². The van der Waals surface area contributed by atoms with Crippen molar-refractivity contribution in [3.8, 4) is 5.75 Å². The highest BCUT2D eigenvalue weighted by Crippen LogP contribution is 2.25. The Morgan fingerprint density at radius 1 is 1.12 bits per heavy atom. The molecule has 0 atom stereocenters. The molecule has 1 aromatic rings. The van der Waals surface area contributed by atoms with Crippen LogP contribution in [0, 0.1) is 0 Å². The predicted molar refractivity (Wildman–Crippen MR) is 75.2 cm³/mol. The quantitative estimate of drug-likeness (QED) is 0.525. The fourth-order valence-corrected chi connectivity index (χ4v) is 1.80. The Hall–Kier alpha value is -0.690. The van der Waals surface area contributed by atoms with Gasteiger partial charge in [0, 0.05) is 5.88 Å². The molecule has 0 radical (unpaired) electrons. The highest BCUT2D eigenvalue weighted by Gasteiger charge is 2.13. The Morgan fingerprint density at radius 3 is 2.53 bits per heavy atom. The second-order valence-corrected chi connectivity index (χ2v) is 5.75. The second-order valence-electron chi connectivity index (χ2n) is 5.38. The molecule has 17 heavy (non-hydrogen) atoms. The number of ether oxygens (including phenoxy) is 1. The van der Waals surface area contributed by atoms with Gasteiger partial charge in [-0.1, -0.05) is 32.9 Å². The van der Waals surface area contributed by atoms with E-state index >= 15 is 0 Å². The molecule has 0 aromatic heterocycles. The van der Waals surface area contributed by atoms with Crippen LogP contribution in [0.4, 0.5) is 0 Å². The van der Waals surface area contributed by atoms with Crippen molar-refractivity contribution in [2.24, 2.45) is 0 Å². The van der Waals surface area contributed by atoms with Gasteiger partial charge in [0.15, 0.2) is 0 Å². The molecule has 0 spiro atoms. The molecule has 2 heteroatoms. The summed E-state index contributed by atoms with van der Waals surface area (Å²) >= 11 is 5.63. The van der Waals surface area contributed by atoms with Gasteiger partial charge in [0.25, 0.3) is 0 Å². The molecular formula is C15H23ClO. The van der Waals surface area contributed by atoms with E-state index in [1.807, 2.05) is 6.07 Å². The molecule has 0 aliphatic heterocycles. The van der Waals surface area contributed by atoms with Crippen molar-refractivity contribution in [1.82, 2.24) is 0 Å². The van der Waals surface area contributed by atoms with E-state index < -0.39 is 0 Å². The minimum absolute atomic E-state index is 0.179. The first-order valence-corrected chi connectivity index (χ1v) is 6.87. The van der Waals surface area contributed by atoms with Gasteiger partial charge in [-0.2, -0.15) is 0 Å². The van der Waals surface area contributed by atoms with Crippen LogP contribution in [-0.4, -0.2) is 12.5 Å². The van der Waals surface area contributed by atoms with Crippen LogP contribution >= 0.6 is 11.6 Å². The van der Waals surface area contributed by atoms with Crippen LogP contribution in [0.2, 0.25) is 0 Å². The van der Waals surface area contributed by atoms with Crippen molar-refractivity contribution in [1.29, 1.82) is 0 Å². The van der Waals surface area contributed by atoms with E-state index in [1.165, 1.54) is 5.56 Å². The van der Waals surface area contributed by atoms with Gasteiger partial charge >= 0.3 is 0 Å². The summed E-state index contributed by atoms with van der Waals surface area (Å²) in [6, 6.07) is 8.38. The van der Waals surface area contributed by atoms with Gasteiger partial charge in [-0.05, 0) is 42.4 Å². The summed E-state index contributed by atoms with van der Waals surface area (Å²) in [4.78, 5) is 0. The Balaban J connectivity index is 2.44. The van der Waals surface area contributed by atoms with Gasteiger partial charge in [-0.15, -0.1) is 11.6 Å². The van der Waals surface area contributed by atoms with Crippen molar-refractivity contribution < 1.29 is 4.74 Å². The van der Waals surface area contributed by atoms with E-state index in [0.29, 0.717) is 0 Å². The summed E-state index contributed by atoms with van der Waals surface area (Å²) in [5.74, 6) is 1.72. The van der Waals surface area contributed by atoms with E-state index in [1.54, 1.807) is 0 Å². The molecular weight excluding hydrogens is 232 g/mol. The molecule has 96 valence electrons. The monoisotopic (exact) mass is 254 g/mol. The molecule has 0 saturated carbocycles. The van der Waals surface area contributed by atoms with Gasteiger partial charge in [-0.25, -0.2) is 0 Å². The van der Waals surface area contributed by atoms with Crippen LogP contribution in [0.3, 0.4) is 0 Å². The van der Waals surface area contributed by atoms with Gasteiger partial charge < -0.3 is 4.74 Å². The maximum Gasteiger partial charge on any atom is 0.119 e. The maximum absolute atomic E-state index is 5.75. The molecule has 0 amide bonds. The summed E-state index contributed by atoms with van der Waals surface area (Å²) in [5, 5.41) is 0. The van der Waals surface area contributed by atoms with Gasteiger partial charge in [0.2, 0.25) is 0 Å². The zero-order chi connectivity index (χ0) is 12.7. The average Bonchev–Trinajstić information content (AvgIpc) is 2.28. The third-order valence-electron chi connectivity index (χ3n) is 2.75. The molecule has 1 aromatic carbocycles. The Kier molecular flexibility index (Phi) is 5.84. The number of unbranched alkanes of at least 4 members (excludes halogenated alkanes) is 2. The van der Waals surface area contributed by atoms with Crippen molar-refractivity contribution >= 4 is 11.6 Å². The van der Waals surface area contributed by atoms with E-state index in [4.69, 9.17) is 16.3 Å². The summed E-state index contributed by atoms with van der Waals surface area (Å²) in [5.41, 5.74) is 1.49. The molecule has 0 N–H and O–H groups in total. The number of alkyl halides is 1. The lowest BCUT2D eigenvalue weighted by Gasteiger charge is -2.19. The predicted octanol–water partition coefficient (Wildman–Crippen LogP) is 4.77. The average molecular weight is 255 g/mol. The Morgan fingerprint density at radius 2 is 1.88 bits per heavy atom. The zero-order valence-corrected chi connectivity index (χ0v) is 11.9. The minimum Gasteiger partial charge on any atom is -0.494 e. The van der Waals surface area contributed by atoms with Gasteiger partial charge in [0.1, 0.15) is 5.75 Å². The third kappa shape index (κ3) is 5.45. The molecule has 1 nitrogen and oxygen atoms in total. The van der Waals surface area contributed by atoms with Crippen LogP contribution < -0.4 is 4.74 Å². The maximum atomic E-state index is 5.75. The summed E-state index contributed by atoms with van der Waals surface area (Å²) in [6.07, 6.45) is 3.29. The van der Waals surface area contributed by atoms with Crippen molar-refractivity contribution in [2.45, 2.75) is 45.4 Å². The number of rotatable bonds is 6. The molecule has 0 aliphatic rings. The van der Waals surface area contributed by atoms with Crippen molar-refractivity contribution in [2.75, 3.05) is 12.5 Å². The topological polar surface area (TPSA) is 9.23 Å². The van der Waals surface area contributed by atoms with Gasteiger partial charge in [0.05, 0.1) is 6.61 Å². The molecule has 0 bridgehead atoms. The molecule has 1 rings (SSSR count). The zero-order valence-electron chi connectivity index (χ0n) is 11.1. The van der Waals surface area contributed by atoms with E-state index in [-0.39, 0.29) is 5.41 Å². The summed E-state index contributed by atoms with van der Waals surface area (Å²) < 4.78 is 5.75. The molecule has 0 unspecified atom stereocenters. The number of hydrogen-bond donors (Lipinski definition) is 0. The highest BCUT2D eigenvalue weighted by atomic mass is 35.5. The van der Waals surface area contributed by atoms with E-state index in [0.717, 1.165) is 37.5 Å². The smallest absolute Gasteiger partial charge is 0.119 e. The summed E-state index contributed by atoms with van der Waals surface area (Å²) in [6.45, 7) is 7.43. The van der Waals surface area contributed by atoms with Crippen LogP contribution in [0.1, 0.15) is 45.6 Å². The molecule has 0 heterocycles. The fraction of sp³-hybridized carbons (Fsp3) is 0.600. The van der Waals surface area contributed by atoms with Crippen LogP contribution in [0.15, 0.2) is 24.3 Å². The minimum atomic E-state index is 0.179. The number of hydrogen-bond acceptors (Lipinski definition) is 1. The Bertz CT molecular complexity index is 328. The largest absolute Gasteiger partial charge is 0.494 e. The third-order valence-corrected chi connectivity index (χ3v) is 3.01. The number of benzene rings is 1. The van der Waals surface area contributed by atoms with Crippen LogP contribution in [0.25, 0.3) is 0 Å². The van der Waals surface area contributed by atoms with E-state index in [9.17, 15) is 0 Å². The lowest BCUT2D eigenvalue weighted by Crippen LogP contribution is -2.11. The van der Waals surface area contributed by atoms with E-state index in [2.05, 4.69) is 39.0 Å². The first kappa shape index (κ1) is 14.4. The second kappa shape index (κ2) is 6.90. The SMILES string of the molecule is CC(C)(C)c1cccc(OCCCCCCl)c1. The lowest BCUT2D eigenvalue weighted by atomic mass is 9.87. The number of halogens is 1. The van der Waals surface area contributed by atoms with Gasteiger partial charge in [-0.3, -0.25) is 0 Å². The first-order chi connectivity index (χ1) is 8.04. The normalized spacial score (nSPS) is 11.5. The fourth-order valence-electron chi connectivity index (χ4n) is 1.62. The highest BCUT2D eigenvalue weighted by molar-refractivity contribution is 6.17. The lowest BCUT2D eigenvalue weighted by molar-refractivity contribution is 0.305. The van der Waals surface area contributed by atoms with Crippen LogP contribution in [-0.2, 0) is 5.41 Å². The summed E-state index contributed by atoms with van der Waals surface area (Å²) in [7, 11) is 0.